The van der Waals surface area contributed by atoms with Crippen LogP contribution in [0.2, 0.25) is 5.02 Å². The molecule has 1 aromatic carbocycles. The van der Waals surface area contributed by atoms with Crippen molar-refractivity contribution in [2.45, 2.75) is 12.5 Å². The molecule has 18 heavy (non-hydrogen) atoms. The fraction of sp³-hybridized carbons (Fsp3) is 0.571. The number of hydrogen-bond acceptors (Lipinski definition) is 3. The molecule has 0 amide bonds. The van der Waals surface area contributed by atoms with E-state index in [1.54, 1.807) is 0 Å². The molecule has 102 valence electrons. The Balaban J connectivity index is 2.59. The van der Waals surface area contributed by atoms with Crippen LogP contribution in [0.5, 0.6) is 0 Å². The highest BCUT2D eigenvalue weighted by Gasteiger charge is 2.15. The number of hydrogen-bond donors (Lipinski definition) is 1. The van der Waals surface area contributed by atoms with Crippen molar-refractivity contribution >= 4 is 11.6 Å². The van der Waals surface area contributed by atoms with Crippen LogP contribution < -0.4 is 5.73 Å². The molecule has 0 saturated carbocycles. The van der Waals surface area contributed by atoms with E-state index in [4.69, 9.17) is 17.3 Å². The summed E-state index contributed by atoms with van der Waals surface area (Å²) in [6, 6.07) is 8.21. The van der Waals surface area contributed by atoms with Crippen molar-refractivity contribution in [1.82, 2.24) is 9.80 Å². The van der Waals surface area contributed by atoms with Crippen LogP contribution in [-0.4, -0.2) is 50.6 Å². The third-order valence-electron chi connectivity index (χ3n) is 3.10. The molecule has 0 aromatic heterocycles. The van der Waals surface area contributed by atoms with Gasteiger partial charge in [-0.25, -0.2) is 0 Å². The Morgan fingerprint density at radius 3 is 2.50 bits per heavy atom. The molecule has 0 spiro atoms. The van der Waals surface area contributed by atoms with Crippen molar-refractivity contribution < 1.29 is 0 Å². The Kier molecular flexibility index (Phi) is 6.65. The topological polar surface area (TPSA) is 32.5 Å². The summed E-state index contributed by atoms with van der Waals surface area (Å²) in [6.45, 7) is 2.74. The first-order chi connectivity index (χ1) is 8.54. The minimum atomic E-state index is 0.242. The summed E-state index contributed by atoms with van der Waals surface area (Å²) in [5.41, 5.74) is 7.08. The molecule has 1 rings (SSSR count). The van der Waals surface area contributed by atoms with E-state index in [1.807, 2.05) is 18.2 Å². The summed E-state index contributed by atoms with van der Waals surface area (Å²) in [5, 5.41) is 0.771. The number of nitrogens with two attached hydrogens (primary N) is 1. The van der Waals surface area contributed by atoms with Crippen LogP contribution in [0.25, 0.3) is 0 Å². The fourth-order valence-electron chi connectivity index (χ4n) is 2.08. The second kappa shape index (κ2) is 7.74. The highest BCUT2D eigenvalue weighted by Crippen LogP contribution is 2.21. The number of nitrogens with zero attached hydrogens (tertiary/aromatic N) is 2. The lowest BCUT2D eigenvalue weighted by molar-refractivity contribution is 0.235. The Hall–Kier alpha value is -0.610. The van der Waals surface area contributed by atoms with E-state index >= 15 is 0 Å². The predicted molar refractivity (Wildman–Crippen MR) is 79.0 cm³/mol. The summed E-state index contributed by atoms with van der Waals surface area (Å²) in [5.74, 6) is 0. The lowest BCUT2D eigenvalue weighted by Gasteiger charge is -2.28. The third-order valence-corrected chi connectivity index (χ3v) is 3.34. The predicted octanol–water partition coefficient (Wildman–Crippen LogP) is 2.22. The number of likely N-dealkylation sites (N-methyl/N-ethyl adjacent to an activating group) is 1. The molecule has 0 fully saturated rings. The third kappa shape index (κ3) is 4.94. The molecule has 4 heteroatoms. The summed E-state index contributed by atoms with van der Waals surface area (Å²) >= 11 is 6.03. The summed E-state index contributed by atoms with van der Waals surface area (Å²) < 4.78 is 0. The van der Waals surface area contributed by atoms with Crippen LogP contribution in [0.3, 0.4) is 0 Å². The Morgan fingerprint density at radius 2 is 1.94 bits per heavy atom. The van der Waals surface area contributed by atoms with Gasteiger partial charge in [0.2, 0.25) is 0 Å². The molecule has 3 nitrogen and oxygen atoms in total. The second-order valence-corrected chi connectivity index (χ2v) is 5.38. The molecule has 0 aliphatic heterocycles. The first kappa shape index (κ1) is 15.4. The highest BCUT2D eigenvalue weighted by atomic mass is 35.5. The van der Waals surface area contributed by atoms with E-state index in [1.165, 1.54) is 5.56 Å². The molecule has 0 aliphatic rings. The maximum absolute atomic E-state index is 6.03. The van der Waals surface area contributed by atoms with E-state index in [-0.39, 0.29) is 6.04 Å². The number of halogens is 1. The summed E-state index contributed by atoms with van der Waals surface area (Å²) in [4.78, 5) is 4.50. The minimum Gasteiger partial charge on any atom is -0.329 e. The average molecular weight is 270 g/mol. The average Bonchev–Trinajstić information content (AvgIpc) is 2.29. The molecule has 1 atom stereocenters. The van der Waals surface area contributed by atoms with Gasteiger partial charge in [0, 0.05) is 17.6 Å². The van der Waals surface area contributed by atoms with Crippen molar-refractivity contribution in [1.29, 1.82) is 0 Å². The van der Waals surface area contributed by atoms with Crippen molar-refractivity contribution in [3.63, 3.8) is 0 Å². The normalized spacial score (nSPS) is 13.3. The largest absolute Gasteiger partial charge is 0.329 e. The van der Waals surface area contributed by atoms with E-state index in [2.05, 4.69) is 37.0 Å². The quantitative estimate of drug-likeness (QED) is 0.824. The standard InChI is InChI=1S/C14H24ClN3/c1-17(2)8-5-9-18(3)14(11-16)12-6-4-7-13(15)10-12/h4,6-7,10,14H,5,8-9,11,16H2,1-3H3. The van der Waals surface area contributed by atoms with Crippen LogP contribution in [0.15, 0.2) is 24.3 Å². The number of benzene rings is 1. The first-order valence-corrected chi connectivity index (χ1v) is 6.73. The van der Waals surface area contributed by atoms with Gasteiger partial charge in [0.25, 0.3) is 0 Å². The van der Waals surface area contributed by atoms with Crippen molar-refractivity contribution in [2.75, 3.05) is 40.8 Å². The molecule has 1 unspecified atom stereocenters. The molecule has 0 radical (unpaired) electrons. The first-order valence-electron chi connectivity index (χ1n) is 6.35. The molecule has 0 aliphatic carbocycles. The maximum Gasteiger partial charge on any atom is 0.0467 e. The van der Waals surface area contributed by atoms with Gasteiger partial charge in [-0.05, 0) is 58.3 Å². The Labute approximate surface area is 116 Å². The van der Waals surface area contributed by atoms with Crippen LogP contribution in [0.1, 0.15) is 18.0 Å². The summed E-state index contributed by atoms with van der Waals surface area (Å²) in [7, 11) is 6.31. The van der Waals surface area contributed by atoms with Gasteiger partial charge in [-0.3, -0.25) is 4.90 Å². The molecule has 2 N–H and O–H groups in total. The molecule has 0 saturated heterocycles. The van der Waals surface area contributed by atoms with Crippen LogP contribution in [0.4, 0.5) is 0 Å². The van der Waals surface area contributed by atoms with Gasteiger partial charge in [0.1, 0.15) is 0 Å². The van der Waals surface area contributed by atoms with Gasteiger partial charge in [-0.1, -0.05) is 23.7 Å². The van der Waals surface area contributed by atoms with Gasteiger partial charge >= 0.3 is 0 Å². The van der Waals surface area contributed by atoms with Gasteiger partial charge in [0.05, 0.1) is 0 Å². The fourth-order valence-corrected chi connectivity index (χ4v) is 2.28. The molecule has 0 heterocycles. The molecular weight excluding hydrogens is 246 g/mol. The van der Waals surface area contributed by atoms with E-state index in [0.717, 1.165) is 24.5 Å². The van der Waals surface area contributed by atoms with Crippen molar-refractivity contribution in [3.8, 4) is 0 Å². The van der Waals surface area contributed by atoms with Crippen LogP contribution in [0, 0.1) is 0 Å². The van der Waals surface area contributed by atoms with Gasteiger partial charge in [0.15, 0.2) is 0 Å². The zero-order valence-corrected chi connectivity index (χ0v) is 12.3. The smallest absolute Gasteiger partial charge is 0.0467 e. The molecular formula is C14H24ClN3. The second-order valence-electron chi connectivity index (χ2n) is 4.94. The lowest BCUT2D eigenvalue weighted by Crippen LogP contribution is -2.32. The monoisotopic (exact) mass is 269 g/mol. The van der Waals surface area contributed by atoms with Crippen LogP contribution >= 0.6 is 11.6 Å². The Bertz CT molecular complexity index is 355. The van der Waals surface area contributed by atoms with E-state index in [0.29, 0.717) is 6.54 Å². The lowest BCUT2D eigenvalue weighted by atomic mass is 10.1. The van der Waals surface area contributed by atoms with E-state index < -0.39 is 0 Å². The highest BCUT2D eigenvalue weighted by molar-refractivity contribution is 6.30. The zero-order valence-electron chi connectivity index (χ0n) is 11.6. The minimum absolute atomic E-state index is 0.242. The van der Waals surface area contributed by atoms with Crippen LogP contribution in [-0.2, 0) is 0 Å². The van der Waals surface area contributed by atoms with E-state index in [9.17, 15) is 0 Å². The zero-order chi connectivity index (χ0) is 13.5. The SMILES string of the molecule is CN(C)CCCN(C)C(CN)c1cccc(Cl)c1. The molecule has 1 aromatic rings. The molecule has 0 bridgehead atoms. The van der Waals surface area contributed by atoms with Crippen molar-refractivity contribution in [2.24, 2.45) is 5.73 Å². The maximum atomic E-state index is 6.03. The number of rotatable bonds is 7. The van der Waals surface area contributed by atoms with Crippen molar-refractivity contribution in [3.05, 3.63) is 34.9 Å². The van der Waals surface area contributed by atoms with Gasteiger partial charge < -0.3 is 10.6 Å². The Morgan fingerprint density at radius 1 is 1.22 bits per heavy atom. The van der Waals surface area contributed by atoms with Gasteiger partial charge in [-0.2, -0.15) is 0 Å². The summed E-state index contributed by atoms with van der Waals surface area (Å²) in [6.07, 6.45) is 1.14. The van der Waals surface area contributed by atoms with Gasteiger partial charge in [-0.15, -0.1) is 0 Å².